The van der Waals surface area contributed by atoms with Crippen molar-refractivity contribution in [3.05, 3.63) is 16.3 Å². The maximum absolute atomic E-state index is 4.85. The van der Waals surface area contributed by atoms with Gasteiger partial charge in [0.25, 0.3) is 0 Å². The molecule has 0 aromatic carbocycles. The fourth-order valence-corrected chi connectivity index (χ4v) is 4.99. The summed E-state index contributed by atoms with van der Waals surface area (Å²) in [4.78, 5) is 14.9. The minimum Gasteiger partial charge on any atom is -0.356 e. The fraction of sp³-hybridized carbons (Fsp3) is 0.647. The SMILES string of the molecule is Cc1nc(N2CCC(C)CC2)c2c3c(sc2n1)CCCC3. The Labute approximate surface area is 130 Å². The van der Waals surface area contributed by atoms with Gasteiger partial charge >= 0.3 is 0 Å². The molecule has 2 aromatic heterocycles. The molecule has 4 rings (SSSR count). The predicted octanol–water partition coefficient (Wildman–Crippen LogP) is 4.11. The summed E-state index contributed by atoms with van der Waals surface area (Å²) in [5, 5.41) is 1.38. The average Bonchev–Trinajstić information content (AvgIpc) is 2.85. The molecule has 0 atom stereocenters. The molecule has 3 heterocycles. The lowest BCUT2D eigenvalue weighted by Crippen LogP contribution is -2.33. The molecule has 0 N–H and O–H groups in total. The lowest BCUT2D eigenvalue weighted by molar-refractivity contribution is 0.437. The Morgan fingerprint density at radius 3 is 2.67 bits per heavy atom. The smallest absolute Gasteiger partial charge is 0.141 e. The molecule has 1 aliphatic heterocycles. The molecule has 0 amide bonds. The van der Waals surface area contributed by atoms with E-state index in [-0.39, 0.29) is 0 Å². The number of anilines is 1. The van der Waals surface area contributed by atoms with Crippen LogP contribution in [0.3, 0.4) is 0 Å². The second kappa shape index (κ2) is 5.24. The highest BCUT2D eigenvalue weighted by Gasteiger charge is 2.25. The summed E-state index contributed by atoms with van der Waals surface area (Å²) in [6, 6.07) is 0. The van der Waals surface area contributed by atoms with E-state index >= 15 is 0 Å². The fourth-order valence-electron chi connectivity index (χ4n) is 3.69. The van der Waals surface area contributed by atoms with Crippen molar-refractivity contribution < 1.29 is 0 Å². The van der Waals surface area contributed by atoms with Gasteiger partial charge in [-0.2, -0.15) is 0 Å². The molecule has 3 nitrogen and oxygen atoms in total. The first-order chi connectivity index (χ1) is 10.2. The van der Waals surface area contributed by atoms with Crippen molar-refractivity contribution in [3.8, 4) is 0 Å². The monoisotopic (exact) mass is 301 g/mol. The number of fused-ring (bicyclic) bond motifs is 3. The second-order valence-corrected chi connectivity index (χ2v) is 7.74. The highest BCUT2D eigenvalue weighted by Crippen LogP contribution is 2.40. The van der Waals surface area contributed by atoms with Crippen molar-refractivity contribution in [1.82, 2.24) is 9.97 Å². The molecule has 0 saturated carbocycles. The summed E-state index contributed by atoms with van der Waals surface area (Å²) < 4.78 is 0. The van der Waals surface area contributed by atoms with Crippen LogP contribution < -0.4 is 4.90 Å². The number of aryl methyl sites for hydroxylation is 3. The number of rotatable bonds is 1. The van der Waals surface area contributed by atoms with E-state index in [1.54, 1.807) is 10.4 Å². The molecule has 0 bridgehead atoms. The highest BCUT2D eigenvalue weighted by atomic mass is 32.1. The van der Waals surface area contributed by atoms with E-state index in [1.807, 2.05) is 18.3 Å². The van der Waals surface area contributed by atoms with Crippen LogP contribution in [0.4, 0.5) is 5.82 Å². The first kappa shape index (κ1) is 13.5. The number of thiophene rings is 1. The van der Waals surface area contributed by atoms with Crippen molar-refractivity contribution in [2.75, 3.05) is 18.0 Å². The third-order valence-corrected chi connectivity index (χ3v) is 6.18. The summed E-state index contributed by atoms with van der Waals surface area (Å²) in [5.41, 5.74) is 1.56. The Hall–Kier alpha value is -1.16. The van der Waals surface area contributed by atoms with E-state index in [9.17, 15) is 0 Å². The number of hydrogen-bond acceptors (Lipinski definition) is 4. The Kier molecular flexibility index (Phi) is 3.37. The van der Waals surface area contributed by atoms with Gasteiger partial charge in [0, 0.05) is 18.0 Å². The molecule has 0 radical (unpaired) electrons. The molecule has 0 unspecified atom stereocenters. The molecule has 0 spiro atoms. The summed E-state index contributed by atoms with van der Waals surface area (Å²) in [7, 11) is 0. The Bertz CT molecular complexity index is 668. The van der Waals surface area contributed by atoms with Gasteiger partial charge in [0.1, 0.15) is 16.5 Å². The molecule has 1 aliphatic carbocycles. The van der Waals surface area contributed by atoms with Crippen molar-refractivity contribution in [2.45, 2.75) is 52.4 Å². The third kappa shape index (κ3) is 2.33. The number of piperidine rings is 1. The van der Waals surface area contributed by atoms with Gasteiger partial charge in [-0.05, 0) is 56.9 Å². The zero-order valence-corrected chi connectivity index (χ0v) is 13.8. The van der Waals surface area contributed by atoms with E-state index in [2.05, 4.69) is 11.8 Å². The summed E-state index contributed by atoms with van der Waals surface area (Å²) >= 11 is 1.91. The van der Waals surface area contributed by atoms with Gasteiger partial charge in [-0.3, -0.25) is 0 Å². The van der Waals surface area contributed by atoms with Crippen molar-refractivity contribution in [2.24, 2.45) is 5.92 Å². The number of hydrogen-bond donors (Lipinski definition) is 0. The van der Waals surface area contributed by atoms with Crippen LogP contribution in [0.15, 0.2) is 0 Å². The van der Waals surface area contributed by atoms with Gasteiger partial charge in [0.2, 0.25) is 0 Å². The van der Waals surface area contributed by atoms with Crippen LogP contribution in [0.2, 0.25) is 0 Å². The van der Waals surface area contributed by atoms with E-state index < -0.39 is 0 Å². The molecule has 2 aromatic rings. The molecule has 4 heteroatoms. The Morgan fingerprint density at radius 2 is 1.86 bits per heavy atom. The van der Waals surface area contributed by atoms with Crippen LogP contribution >= 0.6 is 11.3 Å². The maximum atomic E-state index is 4.85. The van der Waals surface area contributed by atoms with E-state index in [4.69, 9.17) is 9.97 Å². The molecular formula is C17H23N3S. The van der Waals surface area contributed by atoms with Crippen LogP contribution in [0, 0.1) is 12.8 Å². The normalized spacial score (nSPS) is 20.0. The summed E-state index contributed by atoms with van der Waals surface area (Å²) in [5.74, 6) is 3.01. The van der Waals surface area contributed by atoms with E-state index in [0.717, 1.165) is 24.8 Å². The summed E-state index contributed by atoms with van der Waals surface area (Å²) in [6.07, 6.45) is 7.70. The van der Waals surface area contributed by atoms with Crippen molar-refractivity contribution in [3.63, 3.8) is 0 Å². The number of aromatic nitrogens is 2. The molecule has 21 heavy (non-hydrogen) atoms. The van der Waals surface area contributed by atoms with Gasteiger partial charge < -0.3 is 4.90 Å². The van der Waals surface area contributed by atoms with Crippen molar-refractivity contribution >= 4 is 27.4 Å². The van der Waals surface area contributed by atoms with Crippen LogP contribution in [0.25, 0.3) is 10.2 Å². The molecular weight excluding hydrogens is 278 g/mol. The quantitative estimate of drug-likeness (QED) is 0.793. The lowest BCUT2D eigenvalue weighted by Gasteiger charge is -2.32. The molecule has 2 aliphatic rings. The van der Waals surface area contributed by atoms with Crippen LogP contribution in [0.1, 0.15) is 48.9 Å². The van der Waals surface area contributed by atoms with Gasteiger partial charge in [0.05, 0.1) is 5.39 Å². The van der Waals surface area contributed by atoms with Crippen LogP contribution in [0.5, 0.6) is 0 Å². The first-order valence-corrected chi connectivity index (χ1v) is 9.08. The Morgan fingerprint density at radius 1 is 1.10 bits per heavy atom. The maximum Gasteiger partial charge on any atom is 0.141 e. The topological polar surface area (TPSA) is 29.0 Å². The standard InChI is InChI=1S/C17H23N3S/c1-11-7-9-20(10-8-11)16-15-13-5-3-4-6-14(13)21-17(15)19-12(2)18-16/h11H,3-10H2,1-2H3. The molecule has 1 saturated heterocycles. The highest BCUT2D eigenvalue weighted by molar-refractivity contribution is 7.19. The largest absolute Gasteiger partial charge is 0.356 e. The second-order valence-electron chi connectivity index (χ2n) is 6.66. The predicted molar refractivity (Wildman–Crippen MR) is 89.4 cm³/mol. The minimum atomic E-state index is 0.857. The Balaban J connectivity index is 1.85. The van der Waals surface area contributed by atoms with Gasteiger partial charge in [-0.25, -0.2) is 9.97 Å². The zero-order valence-electron chi connectivity index (χ0n) is 13.0. The molecule has 1 fully saturated rings. The van der Waals surface area contributed by atoms with Crippen molar-refractivity contribution in [1.29, 1.82) is 0 Å². The van der Waals surface area contributed by atoms with Gasteiger partial charge in [0.15, 0.2) is 0 Å². The average molecular weight is 301 g/mol. The third-order valence-electron chi connectivity index (χ3n) is 4.99. The van der Waals surface area contributed by atoms with E-state index in [1.165, 1.54) is 54.6 Å². The minimum absolute atomic E-state index is 0.857. The van der Waals surface area contributed by atoms with Gasteiger partial charge in [-0.15, -0.1) is 11.3 Å². The zero-order chi connectivity index (χ0) is 14.4. The summed E-state index contributed by atoms with van der Waals surface area (Å²) in [6.45, 7) is 6.70. The van der Waals surface area contributed by atoms with Gasteiger partial charge in [-0.1, -0.05) is 6.92 Å². The lowest BCUT2D eigenvalue weighted by atomic mass is 9.95. The van der Waals surface area contributed by atoms with Crippen LogP contribution in [-0.4, -0.2) is 23.1 Å². The van der Waals surface area contributed by atoms with E-state index in [0.29, 0.717) is 0 Å². The van der Waals surface area contributed by atoms with Crippen LogP contribution in [-0.2, 0) is 12.8 Å². The number of nitrogens with zero attached hydrogens (tertiary/aromatic N) is 3. The first-order valence-electron chi connectivity index (χ1n) is 8.26. The molecule has 112 valence electrons.